The van der Waals surface area contributed by atoms with Crippen LogP contribution < -0.4 is 0 Å². The van der Waals surface area contributed by atoms with Crippen molar-refractivity contribution >= 4 is 10.0 Å². The molecule has 0 radical (unpaired) electrons. The molecule has 3 aromatic carbocycles. The van der Waals surface area contributed by atoms with Crippen molar-refractivity contribution in [3.05, 3.63) is 88.7 Å². The second-order valence-electron chi connectivity index (χ2n) is 10.6. The van der Waals surface area contributed by atoms with Crippen molar-refractivity contribution in [3.8, 4) is 11.1 Å². The Morgan fingerprint density at radius 2 is 1.60 bits per heavy atom. The molecule has 10 heteroatoms. The summed E-state index contributed by atoms with van der Waals surface area (Å²) in [6.45, 7) is 4.30. The minimum absolute atomic E-state index is 0.0215. The van der Waals surface area contributed by atoms with Crippen molar-refractivity contribution in [3.63, 3.8) is 0 Å². The molecule has 3 atom stereocenters. The Labute approximate surface area is 232 Å². The number of halogens is 4. The predicted molar refractivity (Wildman–Crippen MR) is 145 cm³/mol. The topological polar surface area (TPSA) is 60.9 Å². The van der Waals surface area contributed by atoms with Crippen molar-refractivity contribution < 1.29 is 31.1 Å². The Balaban J connectivity index is 1.46. The molecule has 3 aromatic rings. The third kappa shape index (κ3) is 5.06. The number of aliphatic hydroxyl groups excluding tert-OH is 1. The van der Waals surface area contributed by atoms with E-state index in [1.807, 2.05) is 31.2 Å². The highest BCUT2D eigenvalue weighted by Crippen LogP contribution is 2.44. The minimum Gasteiger partial charge on any atom is -0.395 e. The summed E-state index contributed by atoms with van der Waals surface area (Å²) >= 11 is 0. The van der Waals surface area contributed by atoms with Gasteiger partial charge in [-0.05, 0) is 79.3 Å². The van der Waals surface area contributed by atoms with Crippen molar-refractivity contribution in [2.75, 3.05) is 26.2 Å². The van der Waals surface area contributed by atoms with Crippen LogP contribution in [0.15, 0.2) is 65.6 Å². The summed E-state index contributed by atoms with van der Waals surface area (Å²) in [5.41, 5.74) is 2.98. The molecular formula is C30H32F4N2O3S. The van der Waals surface area contributed by atoms with Crippen LogP contribution in [0, 0.1) is 19.7 Å². The fraction of sp³-hybridized carbons (Fsp3) is 0.400. The maximum atomic E-state index is 14.0. The molecule has 40 heavy (non-hydrogen) atoms. The lowest BCUT2D eigenvalue weighted by Gasteiger charge is -2.57. The van der Waals surface area contributed by atoms with Crippen LogP contribution >= 0.6 is 0 Å². The summed E-state index contributed by atoms with van der Waals surface area (Å²) < 4.78 is 83.5. The number of rotatable bonds is 5. The van der Waals surface area contributed by atoms with Crippen LogP contribution in [0.4, 0.5) is 17.6 Å². The highest BCUT2D eigenvalue weighted by Gasteiger charge is 2.50. The van der Waals surface area contributed by atoms with Gasteiger partial charge >= 0.3 is 6.18 Å². The van der Waals surface area contributed by atoms with Crippen molar-refractivity contribution in [1.82, 2.24) is 9.21 Å². The quantitative estimate of drug-likeness (QED) is 0.394. The van der Waals surface area contributed by atoms with Crippen LogP contribution in [0.1, 0.15) is 41.0 Å². The second-order valence-corrected chi connectivity index (χ2v) is 12.5. The second kappa shape index (κ2) is 10.9. The molecule has 5 nitrogen and oxygen atoms in total. The van der Waals surface area contributed by atoms with Crippen molar-refractivity contribution in [2.45, 2.75) is 55.8 Å². The molecule has 2 fully saturated rings. The number of benzene rings is 3. The fourth-order valence-corrected chi connectivity index (χ4v) is 7.89. The zero-order chi connectivity index (χ0) is 28.8. The van der Waals surface area contributed by atoms with Gasteiger partial charge in [-0.2, -0.15) is 17.5 Å². The Morgan fingerprint density at radius 1 is 0.925 bits per heavy atom. The molecular weight excluding hydrogens is 544 g/mol. The van der Waals surface area contributed by atoms with Crippen LogP contribution in [-0.4, -0.2) is 61.1 Å². The molecule has 0 saturated carbocycles. The number of fused-ring (bicyclic) bond motifs is 1. The fourth-order valence-electron chi connectivity index (χ4n) is 6.18. The molecule has 0 bridgehead atoms. The Bertz CT molecular complexity index is 1490. The molecule has 214 valence electrons. The maximum Gasteiger partial charge on any atom is 0.417 e. The van der Waals surface area contributed by atoms with Crippen LogP contribution in [0.25, 0.3) is 11.1 Å². The average molecular weight is 577 g/mol. The number of aliphatic hydroxyl groups is 1. The molecule has 2 heterocycles. The van der Waals surface area contributed by atoms with Gasteiger partial charge in [0.2, 0.25) is 10.0 Å². The Hall–Kier alpha value is -2.79. The van der Waals surface area contributed by atoms with Gasteiger partial charge in [-0.25, -0.2) is 12.8 Å². The zero-order valence-electron chi connectivity index (χ0n) is 22.3. The Morgan fingerprint density at radius 3 is 2.27 bits per heavy atom. The van der Waals surface area contributed by atoms with E-state index in [0.29, 0.717) is 24.9 Å². The molecule has 0 unspecified atom stereocenters. The lowest BCUT2D eigenvalue weighted by atomic mass is 9.74. The van der Waals surface area contributed by atoms with Gasteiger partial charge in [0.25, 0.3) is 0 Å². The summed E-state index contributed by atoms with van der Waals surface area (Å²) in [7, 11) is -4.43. The van der Waals surface area contributed by atoms with Gasteiger partial charge < -0.3 is 5.11 Å². The third-order valence-corrected chi connectivity index (χ3v) is 10.4. The van der Waals surface area contributed by atoms with E-state index in [9.17, 15) is 31.1 Å². The first-order chi connectivity index (χ1) is 18.9. The molecule has 5 rings (SSSR count). The highest BCUT2D eigenvalue weighted by molar-refractivity contribution is 7.89. The smallest absolute Gasteiger partial charge is 0.395 e. The summed E-state index contributed by atoms with van der Waals surface area (Å²) in [5, 5.41) is 10.2. The van der Waals surface area contributed by atoms with E-state index in [4.69, 9.17) is 0 Å². The molecule has 2 saturated heterocycles. The standard InChI is InChI=1S/C30H32F4N2O3S/c1-19-20(2)25(31)14-13-23(19)21-9-11-22(12-10-21)29-26-17-35(15-5-6-16-36(26)27(29)18-37)40(38,39)28-8-4-3-7-24(28)30(32,33)34/h3-4,7-14,26-27,29,37H,5-6,15-18H2,1-2H3/t26-,27+,29-/m0/s1. The van der Waals surface area contributed by atoms with Gasteiger partial charge in [-0.3, -0.25) is 4.90 Å². The third-order valence-electron chi connectivity index (χ3n) is 8.47. The summed E-state index contributed by atoms with van der Waals surface area (Å²) in [4.78, 5) is 1.34. The van der Waals surface area contributed by atoms with E-state index >= 15 is 0 Å². The number of hydrogen-bond acceptors (Lipinski definition) is 4. The van der Waals surface area contributed by atoms with Crippen molar-refractivity contribution in [2.24, 2.45) is 0 Å². The molecule has 0 spiro atoms. The monoisotopic (exact) mass is 576 g/mol. The lowest BCUT2D eigenvalue weighted by Crippen LogP contribution is -2.67. The van der Waals surface area contributed by atoms with E-state index in [1.54, 1.807) is 13.0 Å². The van der Waals surface area contributed by atoms with Crippen LogP contribution in [0.2, 0.25) is 0 Å². The molecule has 0 aliphatic carbocycles. The van der Waals surface area contributed by atoms with Gasteiger partial charge in [0, 0.05) is 31.1 Å². The lowest BCUT2D eigenvalue weighted by molar-refractivity contribution is -0.139. The summed E-state index contributed by atoms with van der Waals surface area (Å²) in [6.07, 6.45) is -3.64. The zero-order valence-corrected chi connectivity index (χ0v) is 23.1. The van der Waals surface area contributed by atoms with E-state index in [2.05, 4.69) is 4.90 Å². The van der Waals surface area contributed by atoms with Crippen LogP contribution in [0.5, 0.6) is 0 Å². The van der Waals surface area contributed by atoms with Crippen LogP contribution in [-0.2, 0) is 16.2 Å². The number of sulfonamides is 1. The average Bonchev–Trinajstić information content (AvgIpc) is 2.91. The van der Waals surface area contributed by atoms with Gasteiger partial charge in [-0.1, -0.05) is 42.5 Å². The van der Waals surface area contributed by atoms with E-state index in [1.165, 1.54) is 22.5 Å². The molecule has 2 aliphatic heterocycles. The molecule has 0 aromatic heterocycles. The number of alkyl halides is 3. The first kappa shape index (κ1) is 28.7. The van der Waals surface area contributed by atoms with E-state index in [0.717, 1.165) is 34.4 Å². The van der Waals surface area contributed by atoms with E-state index < -0.39 is 26.7 Å². The summed E-state index contributed by atoms with van der Waals surface area (Å²) in [5.74, 6) is -0.469. The maximum absolute atomic E-state index is 14.0. The number of nitrogens with zero attached hydrogens (tertiary/aromatic N) is 2. The first-order valence-electron chi connectivity index (χ1n) is 13.3. The van der Waals surface area contributed by atoms with Gasteiger partial charge in [0.1, 0.15) is 5.82 Å². The number of hydrogen-bond donors (Lipinski definition) is 1. The van der Waals surface area contributed by atoms with Gasteiger partial charge in [-0.15, -0.1) is 0 Å². The largest absolute Gasteiger partial charge is 0.417 e. The van der Waals surface area contributed by atoms with Gasteiger partial charge in [0.15, 0.2) is 0 Å². The highest BCUT2D eigenvalue weighted by atomic mass is 32.2. The van der Waals surface area contributed by atoms with Gasteiger partial charge in [0.05, 0.1) is 17.1 Å². The molecule has 0 amide bonds. The normalized spacial score (nSPS) is 22.7. The predicted octanol–water partition coefficient (Wildman–Crippen LogP) is 5.74. The van der Waals surface area contributed by atoms with E-state index in [-0.39, 0.29) is 43.5 Å². The summed E-state index contributed by atoms with van der Waals surface area (Å²) in [6, 6.07) is 14.7. The molecule has 1 N–H and O–H groups in total. The molecule has 2 aliphatic rings. The minimum atomic E-state index is -4.80. The first-order valence-corrected chi connectivity index (χ1v) is 14.8. The SMILES string of the molecule is Cc1c(F)ccc(-c2ccc([C@@H]3[C@@H](CO)N4CCCCN(S(=O)(=O)c5ccccc5C(F)(F)F)C[C@@H]34)cc2)c1C. The van der Waals surface area contributed by atoms with Crippen LogP contribution in [0.3, 0.4) is 0 Å². The Kier molecular flexibility index (Phi) is 7.82. The van der Waals surface area contributed by atoms with Crippen molar-refractivity contribution in [1.29, 1.82) is 0 Å².